The average molecular weight is 233 g/mol. The first-order valence-electron chi connectivity index (χ1n) is 5.35. The molecule has 1 aliphatic heterocycles. The molecule has 0 aliphatic carbocycles. The second-order valence-corrected chi connectivity index (χ2v) is 6.85. The van der Waals surface area contributed by atoms with Gasteiger partial charge in [0.1, 0.15) is 5.78 Å². The zero-order valence-corrected chi connectivity index (χ0v) is 10.4. The molecule has 1 atom stereocenters. The van der Waals surface area contributed by atoms with Gasteiger partial charge in [-0.3, -0.25) is 4.79 Å². The first-order valence-corrected chi connectivity index (χ1v) is 6.86. The van der Waals surface area contributed by atoms with Gasteiger partial charge >= 0.3 is 0 Å². The summed E-state index contributed by atoms with van der Waals surface area (Å²) in [5.41, 5.74) is 0. The van der Waals surface area contributed by atoms with Gasteiger partial charge in [0, 0.05) is 19.0 Å². The average Bonchev–Trinajstić information content (AvgIpc) is 2.51. The van der Waals surface area contributed by atoms with Gasteiger partial charge in [0.25, 0.3) is 0 Å². The van der Waals surface area contributed by atoms with E-state index in [0.717, 1.165) is 12.8 Å². The van der Waals surface area contributed by atoms with Crippen molar-refractivity contribution in [3.63, 3.8) is 0 Å². The van der Waals surface area contributed by atoms with Crippen molar-refractivity contribution in [2.75, 3.05) is 6.54 Å². The quantitative estimate of drug-likeness (QED) is 0.732. The van der Waals surface area contributed by atoms with Crippen molar-refractivity contribution in [1.29, 1.82) is 0 Å². The summed E-state index contributed by atoms with van der Waals surface area (Å²) >= 11 is 0. The molecule has 0 spiro atoms. The summed E-state index contributed by atoms with van der Waals surface area (Å²) in [5.74, 6) is 0.0610. The van der Waals surface area contributed by atoms with Crippen LogP contribution in [-0.2, 0) is 14.8 Å². The van der Waals surface area contributed by atoms with Gasteiger partial charge < -0.3 is 0 Å². The predicted molar refractivity (Wildman–Crippen MR) is 59.1 cm³/mol. The summed E-state index contributed by atoms with van der Waals surface area (Å²) in [4.78, 5) is 11.0. The van der Waals surface area contributed by atoms with Gasteiger partial charge in [0.05, 0.1) is 5.25 Å². The first-order chi connectivity index (χ1) is 6.85. The Morgan fingerprint density at radius 2 is 2.07 bits per heavy atom. The molecule has 0 bridgehead atoms. The number of ketones is 1. The molecule has 0 radical (unpaired) electrons. The third-order valence-corrected chi connectivity index (χ3v) is 5.09. The number of carbonyl (C=O) groups is 1. The highest BCUT2D eigenvalue weighted by molar-refractivity contribution is 7.89. The van der Waals surface area contributed by atoms with Crippen LogP contribution in [0, 0.1) is 0 Å². The molecule has 0 saturated carbocycles. The molecular weight excluding hydrogens is 214 g/mol. The maximum atomic E-state index is 11.9. The molecule has 1 fully saturated rings. The van der Waals surface area contributed by atoms with Gasteiger partial charge in [-0.15, -0.1) is 0 Å². The van der Waals surface area contributed by atoms with Crippen LogP contribution in [0.1, 0.15) is 40.0 Å². The van der Waals surface area contributed by atoms with E-state index in [1.807, 2.05) is 0 Å². The van der Waals surface area contributed by atoms with Crippen molar-refractivity contribution in [2.45, 2.75) is 51.3 Å². The molecule has 0 aromatic rings. The van der Waals surface area contributed by atoms with Crippen LogP contribution in [0.25, 0.3) is 0 Å². The lowest BCUT2D eigenvalue weighted by atomic mass is 10.1. The van der Waals surface area contributed by atoms with Crippen LogP contribution in [0.2, 0.25) is 0 Å². The molecule has 15 heavy (non-hydrogen) atoms. The first kappa shape index (κ1) is 12.6. The third-order valence-electron chi connectivity index (χ3n) is 2.77. The lowest BCUT2D eigenvalue weighted by Crippen LogP contribution is -2.40. The second kappa shape index (κ2) is 4.61. The lowest BCUT2D eigenvalue weighted by molar-refractivity contribution is -0.117. The van der Waals surface area contributed by atoms with E-state index >= 15 is 0 Å². The molecule has 0 amide bonds. The van der Waals surface area contributed by atoms with Crippen LogP contribution in [0.15, 0.2) is 0 Å². The van der Waals surface area contributed by atoms with Crippen molar-refractivity contribution < 1.29 is 13.2 Å². The molecular formula is C10H19NO3S. The van der Waals surface area contributed by atoms with E-state index in [0.29, 0.717) is 13.0 Å². The van der Waals surface area contributed by atoms with Crippen LogP contribution < -0.4 is 0 Å². The number of hydrogen-bond donors (Lipinski definition) is 0. The minimum Gasteiger partial charge on any atom is -0.300 e. The van der Waals surface area contributed by atoms with Gasteiger partial charge in [-0.05, 0) is 33.6 Å². The second-order valence-electron chi connectivity index (χ2n) is 4.41. The van der Waals surface area contributed by atoms with Crippen molar-refractivity contribution in [1.82, 2.24) is 4.31 Å². The highest BCUT2D eigenvalue weighted by atomic mass is 32.2. The SMILES string of the molecule is CC(=O)CC1CCCN1S(=O)(=O)C(C)C. The van der Waals surface area contributed by atoms with Gasteiger partial charge in [0.15, 0.2) is 0 Å². The molecule has 4 nitrogen and oxygen atoms in total. The van der Waals surface area contributed by atoms with Gasteiger partial charge in [-0.1, -0.05) is 0 Å². The van der Waals surface area contributed by atoms with Crippen LogP contribution >= 0.6 is 0 Å². The monoisotopic (exact) mass is 233 g/mol. The van der Waals surface area contributed by atoms with Crippen LogP contribution in [0.5, 0.6) is 0 Å². The minimum absolute atomic E-state index is 0.0610. The van der Waals surface area contributed by atoms with E-state index in [2.05, 4.69) is 0 Å². The van der Waals surface area contributed by atoms with Crippen LogP contribution in [-0.4, -0.2) is 36.3 Å². The number of Topliss-reactive ketones (excluding diaryl/α,β-unsaturated/α-hetero) is 1. The summed E-state index contributed by atoms with van der Waals surface area (Å²) < 4.78 is 25.4. The smallest absolute Gasteiger partial charge is 0.216 e. The third kappa shape index (κ3) is 2.78. The molecule has 5 heteroatoms. The number of nitrogens with zero attached hydrogens (tertiary/aromatic N) is 1. The van der Waals surface area contributed by atoms with E-state index in [4.69, 9.17) is 0 Å². The fourth-order valence-corrected chi connectivity index (χ4v) is 3.47. The Bertz CT molecular complexity index is 335. The van der Waals surface area contributed by atoms with Gasteiger partial charge in [-0.25, -0.2) is 8.42 Å². The summed E-state index contributed by atoms with van der Waals surface area (Å²) in [5, 5.41) is -0.398. The molecule has 1 unspecified atom stereocenters. The van der Waals surface area contributed by atoms with Crippen LogP contribution in [0.3, 0.4) is 0 Å². The topological polar surface area (TPSA) is 54.5 Å². The molecule has 1 heterocycles. The largest absolute Gasteiger partial charge is 0.300 e. The fourth-order valence-electron chi connectivity index (χ4n) is 1.95. The standard InChI is InChI=1S/C10H19NO3S/c1-8(2)15(13,14)11-6-4-5-10(11)7-9(3)12/h8,10H,4-7H2,1-3H3. The van der Waals surface area contributed by atoms with E-state index in [-0.39, 0.29) is 11.8 Å². The number of rotatable bonds is 4. The Kier molecular flexibility index (Phi) is 3.89. The Balaban J connectivity index is 2.81. The predicted octanol–water partition coefficient (Wildman–Crippen LogP) is 1.17. The van der Waals surface area contributed by atoms with Crippen molar-refractivity contribution in [3.05, 3.63) is 0 Å². The van der Waals surface area contributed by atoms with Crippen LogP contribution in [0.4, 0.5) is 0 Å². The maximum absolute atomic E-state index is 11.9. The fraction of sp³-hybridized carbons (Fsp3) is 0.900. The maximum Gasteiger partial charge on any atom is 0.216 e. The summed E-state index contributed by atoms with van der Waals surface area (Å²) in [6, 6.07) is -0.102. The highest BCUT2D eigenvalue weighted by Gasteiger charge is 2.36. The van der Waals surface area contributed by atoms with Crippen molar-refractivity contribution in [2.24, 2.45) is 0 Å². The zero-order valence-electron chi connectivity index (χ0n) is 9.56. The molecule has 1 rings (SSSR count). The van der Waals surface area contributed by atoms with Gasteiger partial charge in [0.2, 0.25) is 10.0 Å². The Morgan fingerprint density at radius 3 is 2.53 bits per heavy atom. The highest BCUT2D eigenvalue weighted by Crippen LogP contribution is 2.25. The molecule has 88 valence electrons. The number of carbonyl (C=O) groups excluding carboxylic acids is 1. The normalized spacial score (nSPS) is 23.6. The number of sulfonamides is 1. The van der Waals surface area contributed by atoms with E-state index < -0.39 is 15.3 Å². The number of hydrogen-bond acceptors (Lipinski definition) is 3. The van der Waals surface area contributed by atoms with E-state index in [1.54, 1.807) is 13.8 Å². The minimum atomic E-state index is -3.19. The lowest BCUT2D eigenvalue weighted by Gasteiger charge is -2.25. The summed E-state index contributed by atoms with van der Waals surface area (Å²) in [6.45, 7) is 5.44. The molecule has 1 aliphatic rings. The summed E-state index contributed by atoms with van der Waals surface area (Å²) in [7, 11) is -3.19. The molecule has 1 saturated heterocycles. The molecule has 0 aromatic carbocycles. The Morgan fingerprint density at radius 1 is 1.47 bits per heavy atom. The summed E-state index contributed by atoms with van der Waals surface area (Å²) in [6.07, 6.45) is 2.03. The Hall–Kier alpha value is -0.420. The van der Waals surface area contributed by atoms with Crippen molar-refractivity contribution >= 4 is 15.8 Å². The van der Waals surface area contributed by atoms with Crippen molar-refractivity contribution in [3.8, 4) is 0 Å². The Labute approximate surface area is 91.7 Å². The molecule has 0 N–H and O–H groups in total. The zero-order chi connectivity index (χ0) is 11.6. The molecule has 0 aromatic heterocycles. The van der Waals surface area contributed by atoms with Gasteiger partial charge in [-0.2, -0.15) is 4.31 Å². The van der Waals surface area contributed by atoms with E-state index in [9.17, 15) is 13.2 Å². The van der Waals surface area contributed by atoms with E-state index in [1.165, 1.54) is 11.2 Å².